The molecule has 0 saturated heterocycles. The van der Waals surface area contributed by atoms with Crippen LogP contribution in [-0.4, -0.2) is 47.9 Å². The van der Waals surface area contributed by atoms with Crippen molar-refractivity contribution in [3.05, 3.63) is 53.3 Å². The van der Waals surface area contributed by atoms with E-state index in [-0.39, 0.29) is 30.0 Å². The minimum Gasteiger partial charge on any atom is -0.356 e. The van der Waals surface area contributed by atoms with Gasteiger partial charge in [-0.3, -0.25) is 9.67 Å². The molecule has 1 atom stereocenters. The number of hydrogen-bond donors (Lipinski definition) is 2. The standard InChI is InChI=1S/C17H24ClN5S.HI/c1-19-17(20-9-4-12-24-2)21-13-16(23-11-3-10-22-23)14-5-7-15(18)8-6-14;/h3,5-8,10-11,16H,4,9,12-13H2,1-2H3,(H2,19,20,21);1H. The van der Waals surface area contributed by atoms with E-state index in [0.29, 0.717) is 6.54 Å². The molecule has 0 radical (unpaired) electrons. The average molecular weight is 494 g/mol. The van der Waals surface area contributed by atoms with Crippen molar-refractivity contribution in [2.24, 2.45) is 4.99 Å². The van der Waals surface area contributed by atoms with E-state index < -0.39 is 0 Å². The van der Waals surface area contributed by atoms with Gasteiger partial charge in [0.05, 0.1) is 6.04 Å². The van der Waals surface area contributed by atoms with Gasteiger partial charge in [0.1, 0.15) is 0 Å². The lowest BCUT2D eigenvalue weighted by Crippen LogP contribution is -2.41. The Labute approximate surface area is 176 Å². The van der Waals surface area contributed by atoms with Crippen LogP contribution in [0, 0.1) is 0 Å². The molecule has 1 unspecified atom stereocenters. The molecule has 5 nitrogen and oxygen atoms in total. The quantitative estimate of drug-likeness (QED) is 0.255. The Hall–Kier alpha value is -0.930. The molecule has 0 spiro atoms. The Morgan fingerprint density at radius 3 is 2.68 bits per heavy atom. The fourth-order valence-electron chi connectivity index (χ4n) is 2.35. The van der Waals surface area contributed by atoms with Crippen LogP contribution in [0.5, 0.6) is 0 Å². The van der Waals surface area contributed by atoms with E-state index in [0.717, 1.165) is 35.3 Å². The smallest absolute Gasteiger partial charge is 0.191 e. The fourth-order valence-corrected chi connectivity index (χ4v) is 2.91. The summed E-state index contributed by atoms with van der Waals surface area (Å²) in [5.74, 6) is 1.95. The number of aliphatic imine (C=N–C) groups is 1. The van der Waals surface area contributed by atoms with Crippen molar-refractivity contribution in [1.29, 1.82) is 0 Å². The van der Waals surface area contributed by atoms with E-state index in [1.54, 1.807) is 13.2 Å². The van der Waals surface area contributed by atoms with Crippen molar-refractivity contribution in [3.8, 4) is 0 Å². The van der Waals surface area contributed by atoms with Gasteiger partial charge in [0.2, 0.25) is 0 Å². The minimum atomic E-state index is 0. The Bertz CT molecular complexity index is 618. The van der Waals surface area contributed by atoms with Gasteiger partial charge in [0, 0.05) is 37.6 Å². The largest absolute Gasteiger partial charge is 0.356 e. The van der Waals surface area contributed by atoms with Gasteiger partial charge in [-0.2, -0.15) is 16.9 Å². The third-order valence-corrected chi connectivity index (χ3v) is 4.55. The van der Waals surface area contributed by atoms with Crippen molar-refractivity contribution in [2.75, 3.05) is 32.1 Å². The summed E-state index contributed by atoms with van der Waals surface area (Å²) in [4.78, 5) is 4.28. The van der Waals surface area contributed by atoms with Gasteiger partial charge in [0.25, 0.3) is 0 Å². The molecule has 25 heavy (non-hydrogen) atoms. The van der Waals surface area contributed by atoms with Crippen LogP contribution < -0.4 is 10.6 Å². The SMILES string of the molecule is CN=C(NCCCSC)NCC(c1ccc(Cl)cc1)n1cccn1.I. The molecule has 1 heterocycles. The maximum Gasteiger partial charge on any atom is 0.191 e. The zero-order chi connectivity index (χ0) is 17.2. The molecule has 138 valence electrons. The van der Waals surface area contributed by atoms with Crippen LogP contribution in [0.25, 0.3) is 0 Å². The van der Waals surface area contributed by atoms with Crippen molar-refractivity contribution >= 4 is 53.3 Å². The van der Waals surface area contributed by atoms with Crippen molar-refractivity contribution in [3.63, 3.8) is 0 Å². The highest BCUT2D eigenvalue weighted by molar-refractivity contribution is 14.0. The van der Waals surface area contributed by atoms with Crippen LogP contribution in [-0.2, 0) is 0 Å². The lowest BCUT2D eigenvalue weighted by molar-refractivity contribution is 0.510. The number of guanidine groups is 1. The molecule has 1 aromatic carbocycles. The van der Waals surface area contributed by atoms with Crippen LogP contribution in [0.2, 0.25) is 5.02 Å². The zero-order valence-electron chi connectivity index (χ0n) is 14.5. The van der Waals surface area contributed by atoms with Crippen molar-refractivity contribution in [2.45, 2.75) is 12.5 Å². The number of thioether (sulfide) groups is 1. The lowest BCUT2D eigenvalue weighted by Gasteiger charge is -2.20. The molecule has 2 N–H and O–H groups in total. The summed E-state index contributed by atoms with van der Waals surface area (Å²) in [5, 5.41) is 11.8. The molecule has 0 aliphatic heterocycles. The van der Waals surface area contributed by atoms with Crippen molar-refractivity contribution < 1.29 is 0 Å². The highest BCUT2D eigenvalue weighted by Crippen LogP contribution is 2.19. The van der Waals surface area contributed by atoms with Gasteiger partial charge in [-0.15, -0.1) is 24.0 Å². The third kappa shape index (κ3) is 7.45. The summed E-state index contributed by atoms with van der Waals surface area (Å²) >= 11 is 7.86. The molecule has 8 heteroatoms. The second-order valence-corrected chi connectivity index (χ2v) is 6.70. The second-order valence-electron chi connectivity index (χ2n) is 5.28. The fraction of sp³-hybridized carbons (Fsp3) is 0.412. The first kappa shape index (κ1) is 22.1. The van der Waals surface area contributed by atoms with Gasteiger partial charge < -0.3 is 10.6 Å². The second kappa shape index (κ2) is 12.4. The van der Waals surface area contributed by atoms with E-state index in [1.807, 2.05) is 53.0 Å². The molecule has 0 aliphatic carbocycles. The minimum absolute atomic E-state index is 0. The number of aromatic nitrogens is 2. The van der Waals surface area contributed by atoms with E-state index in [1.165, 1.54) is 0 Å². The number of hydrogen-bond acceptors (Lipinski definition) is 3. The molecule has 2 aromatic rings. The molecular weight excluding hydrogens is 469 g/mol. The molecule has 0 aliphatic rings. The van der Waals surface area contributed by atoms with E-state index in [9.17, 15) is 0 Å². The Kier molecular flexibility index (Phi) is 11.0. The number of halogens is 2. The Morgan fingerprint density at radius 1 is 1.32 bits per heavy atom. The van der Waals surface area contributed by atoms with Gasteiger partial charge in [-0.05, 0) is 42.2 Å². The van der Waals surface area contributed by atoms with Crippen LogP contribution >= 0.6 is 47.3 Å². The van der Waals surface area contributed by atoms with Gasteiger partial charge in [0.15, 0.2) is 5.96 Å². The Balaban J connectivity index is 0.00000312. The van der Waals surface area contributed by atoms with E-state index in [4.69, 9.17) is 11.6 Å². The summed E-state index contributed by atoms with van der Waals surface area (Å²) in [6.07, 6.45) is 6.99. The predicted molar refractivity (Wildman–Crippen MR) is 120 cm³/mol. The van der Waals surface area contributed by atoms with Gasteiger partial charge in [-0.25, -0.2) is 0 Å². The zero-order valence-corrected chi connectivity index (χ0v) is 18.4. The topological polar surface area (TPSA) is 54.2 Å². The van der Waals surface area contributed by atoms with Crippen LogP contribution in [0.15, 0.2) is 47.7 Å². The molecule has 0 fully saturated rings. The monoisotopic (exact) mass is 493 g/mol. The molecule has 1 aromatic heterocycles. The molecule has 0 amide bonds. The van der Waals surface area contributed by atoms with E-state index in [2.05, 4.69) is 27.0 Å². The highest BCUT2D eigenvalue weighted by atomic mass is 127. The number of nitrogens with zero attached hydrogens (tertiary/aromatic N) is 3. The summed E-state index contributed by atoms with van der Waals surface area (Å²) in [5.41, 5.74) is 1.15. The van der Waals surface area contributed by atoms with Gasteiger partial charge >= 0.3 is 0 Å². The summed E-state index contributed by atoms with van der Waals surface area (Å²) in [7, 11) is 1.79. The van der Waals surface area contributed by atoms with Crippen LogP contribution in [0.3, 0.4) is 0 Å². The van der Waals surface area contributed by atoms with Crippen molar-refractivity contribution in [1.82, 2.24) is 20.4 Å². The number of benzene rings is 1. The normalized spacial score (nSPS) is 12.4. The molecule has 0 bridgehead atoms. The lowest BCUT2D eigenvalue weighted by atomic mass is 10.1. The highest BCUT2D eigenvalue weighted by Gasteiger charge is 2.14. The maximum absolute atomic E-state index is 6.01. The van der Waals surface area contributed by atoms with Gasteiger partial charge in [-0.1, -0.05) is 23.7 Å². The maximum atomic E-state index is 6.01. The number of rotatable bonds is 8. The Morgan fingerprint density at radius 2 is 2.08 bits per heavy atom. The molecule has 2 rings (SSSR count). The summed E-state index contributed by atoms with van der Waals surface area (Å²) < 4.78 is 1.94. The van der Waals surface area contributed by atoms with Crippen LogP contribution in [0.1, 0.15) is 18.0 Å². The molecule has 0 saturated carbocycles. The van der Waals surface area contributed by atoms with Crippen LogP contribution in [0.4, 0.5) is 0 Å². The summed E-state index contributed by atoms with van der Waals surface area (Å²) in [6, 6.07) is 9.88. The first-order valence-corrected chi connectivity index (χ1v) is 9.70. The predicted octanol–water partition coefficient (Wildman–Crippen LogP) is 3.66. The third-order valence-electron chi connectivity index (χ3n) is 3.60. The average Bonchev–Trinajstić information content (AvgIpc) is 3.13. The first-order valence-electron chi connectivity index (χ1n) is 7.92. The first-order chi connectivity index (χ1) is 11.7. The summed E-state index contributed by atoms with van der Waals surface area (Å²) in [6.45, 7) is 1.60. The van der Waals surface area contributed by atoms with E-state index >= 15 is 0 Å². The molecular formula is C17H25ClIN5S. The number of nitrogens with one attached hydrogen (secondary N) is 2.